The normalized spacial score (nSPS) is 16.3. The largest absolute Gasteiger partial charge is 0.487 e. The first kappa shape index (κ1) is 17.2. The van der Waals surface area contributed by atoms with Crippen molar-refractivity contribution in [2.24, 2.45) is 0 Å². The number of benzene rings is 1. The summed E-state index contributed by atoms with van der Waals surface area (Å²) >= 11 is 0. The molecule has 0 bridgehead atoms. The number of piperidine rings is 1. The Hall–Kier alpha value is -2.63. The van der Waals surface area contributed by atoms with Gasteiger partial charge in [0.2, 0.25) is 0 Å². The van der Waals surface area contributed by atoms with E-state index in [4.69, 9.17) is 9.47 Å². The Kier molecular flexibility index (Phi) is 5.48. The van der Waals surface area contributed by atoms with Crippen LogP contribution in [0.15, 0.2) is 48.8 Å². The van der Waals surface area contributed by atoms with Gasteiger partial charge in [-0.25, -0.2) is 4.39 Å². The molecular formula is C19H21FN2O3. The second-order valence-corrected chi connectivity index (χ2v) is 6.02. The van der Waals surface area contributed by atoms with Gasteiger partial charge >= 0.3 is 0 Å². The molecule has 6 heteroatoms. The highest BCUT2D eigenvalue weighted by Crippen LogP contribution is 2.22. The molecule has 0 spiro atoms. The number of ether oxygens (including phenoxy) is 2. The third-order valence-electron chi connectivity index (χ3n) is 4.18. The minimum atomic E-state index is -0.576. The van der Waals surface area contributed by atoms with Crippen molar-refractivity contribution in [2.75, 3.05) is 13.1 Å². The predicted molar refractivity (Wildman–Crippen MR) is 91.0 cm³/mol. The van der Waals surface area contributed by atoms with Gasteiger partial charge in [-0.1, -0.05) is 12.1 Å². The van der Waals surface area contributed by atoms with Crippen molar-refractivity contribution >= 4 is 5.91 Å². The van der Waals surface area contributed by atoms with Crippen molar-refractivity contribution in [1.82, 2.24) is 9.88 Å². The van der Waals surface area contributed by atoms with Gasteiger partial charge in [0.15, 0.2) is 17.7 Å². The molecule has 3 rings (SSSR count). The lowest BCUT2D eigenvalue weighted by atomic mass is 10.1. The van der Waals surface area contributed by atoms with Gasteiger partial charge < -0.3 is 14.4 Å². The SMILES string of the molecule is CC(Oc1cccnc1)C(=O)N1CCC(Oc2ccccc2F)CC1. The zero-order valence-electron chi connectivity index (χ0n) is 14.1. The molecule has 1 aromatic heterocycles. The van der Waals surface area contributed by atoms with Gasteiger partial charge in [-0.3, -0.25) is 9.78 Å². The molecule has 5 nitrogen and oxygen atoms in total. The van der Waals surface area contributed by atoms with E-state index in [0.29, 0.717) is 31.7 Å². The molecule has 1 amide bonds. The smallest absolute Gasteiger partial charge is 0.263 e. The van der Waals surface area contributed by atoms with Crippen molar-refractivity contribution in [3.63, 3.8) is 0 Å². The lowest BCUT2D eigenvalue weighted by Crippen LogP contribution is -2.46. The molecule has 2 heterocycles. The van der Waals surface area contributed by atoms with Gasteiger partial charge in [-0.15, -0.1) is 0 Å². The fourth-order valence-corrected chi connectivity index (χ4v) is 2.84. The third kappa shape index (κ3) is 4.47. The van der Waals surface area contributed by atoms with E-state index in [9.17, 15) is 9.18 Å². The number of hydrogen-bond acceptors (Lipinski definition) is 4. The maximum atomic E-state index is 13.7. The molecule has 2 aromatic rings. The molecule has 1 atom stereocenters. The molecule has 1 unspecified atom stereocenters. The van der Waals surface area contributed by atoms with Gasteiger partial charge in [0.25, 0.3) is 5.91 Å². The van der Waals surface area contributed by atoms with Crippen LogP contribution in [0.5, 0.6) is 11.5 Å². The van der Waals surface area contributed by atoms with Crippen molar-refractivity contribution in [3.8, 4) is 11.5 Å². The van der Waals surface area contributed by atoms with Crippen LogP contribution in [0, 0.1) is 5.82 Å². The number of amides is 1. The standard InChI is InChI=1S/C19H21FN2O3/c1-14(24-16-5-4-10-21-13-16)19(23)22-11-8-15(9-12-22)25-18-7-3-2-6-17(18)20/h2-7,10,13-15H,8-9,11-12H2,1H3. The summed E-state index contributed by atoms with van der Waals surface area (Å²) in [6.07, 6.45) is 3.90. The number of halogens is 1. The molecule has 25 heavy (non-hydrogen) atoms. The lowest BCUT2D eigenvalue weighted by Gasteiger charge is -2.33. The van der Waals surface area contributed by atoms with Crippen molar-refractivity contribution in [2.45, 2.75) is 32.0 Å². The third-order valence-corrected chi connectivity index (χ3v) is 4.18. The average Bonchev–Trinajstić information content (AvgIpc) is 2.64. The Labute approximate surface area is 146 Å². The van der Waals surface area contributed by atoms with E-state index < -0.39 is 6.10 Å². The van der Waals surface area contributed by atoms with E-state index in [1.165, 1.54) is 6.07 Å². The molecule has 0 radical (unpaired) electrons. The predicted octanol–water partition coefficient (Wildman–Crippen LogP) is 3.06. The molecule has 132 valence electrons. The maximum absolute atomic E-state index is 13.7. The quantitative estimate of drug-likeness (QED) is 0.836. The number of para-hydroxylation sites is 1. The van der Waals surface area contributed by atoms with Crippen LogP contribution in [0.2, 0.25) is 0 Å². The van der Waals surface area contributed by atoms with E-state index >= 15 is 0 Å². The van der Waals surface area contributed by atoms with Crippen LogP contribution in [0.1, 0.15) is 19.8 Å². The van der Waals surface area contributed by atoms with Gasteiger partial charge in [-0.05, 0) is 31.2 Å². The number of likely N-dealkylation sites (tertiary alicyclic amines) is 1. The summed E-state index contributed by atoms with van der Waals surface area (Å²) in [4.78, 5) is 18.2. The fourth-order valence-electron chi connectivity index (χ4n) is 2.84. The topological polar surface area (TPSA) is 51.7 Å². The number of nitrogens with zero attached hydrogens (tertiary/aromatic N) is 2. The zero-order valence-corrected chi connectivity index (χ0v) is 14.1. The molecule has 1 fully saturated rings. The van der Waals surface area contributed by atoms with E-state index in [2.05, 4.69) is 4.98 Å². The summed E-state index contributed by atoms with van der Waals surface area (Å²) in [6.45, 7) is 2.87. The van der Waals surface area contributed by atoms with E-state index in [-0.39, 0.29) is 23.6 Å². The molecule has 1 aliphatic heterocycles. The maximum Gasteiger partial charge on any atom is 0.263 e. The number of carbonyl (C=O) groups excluding carboxylic acids is 1. The fraction of sp³-hybridized carbons (Fsp3) is 0.368. The number of hydrogen-bond donors (Lipinski definition) is 0. The molecule has 0 aliphatic carbocycles. The Morgan fingerprint density at radius 1 is 1.24 bits per heavy atom. The Morgan fingerprint density at radius 2 is 2.00 bits per heavy atom. The van der Waals surface area contributed by atoms with Crippen molar-refractivity contribution in [3.05, 3.63) is 54.6 Å². The second-order valence-electron chi connectivity index (χ2n) is 6.02. The van der Waals surface area contributed by atoms with Gasteiger partial charge in [0.1, 0.15) is 11.9 Å². The van der Waals surface area contributed by atoms with Crippen LogP contribution in [0.4, 0.5) is 4.39 Å². The zero-order chi connectivity index (χ0) is 17.6. The van der Waals surface area contributed by atoms with Gasteiger partial charge in [0, 0.05) is 32.1 Å². The Balaban J connectivity index is 1.50. The summed E-state index contributed by atoms with van der Waals surface area (Å²) in [6, 6.07) is 9.91. The number of rotatable bonds is 5. The lowest BCUT2D eigenvalue weighted by molar-refractivity contribution is -0.139. The minimum Gasteiger partial charge on any atom is -0.487 e. The Morgan fingerprint density at radius 3 is 2.68 bits per heavy atom. The molecule has 0 saturated carbocycles. The van der Waals surface area contributed by atoms with Gasteiger partial charge in [0.05, 0.1) is 6.20 Å². The number of pyridine rings is 1. The van der Waals surface area contributed by atoms with E-state index in [1.54, 1.807) is 54.5 Å². The first-order valence-corrected chi connectivity index (χ1v) is 8.40. The summed E-state index contributed by atoms with van der Waals surface area (Å²) in [5.41, 5.74) is 0. The molecule has 1 aromatic carbocycles. The summed E-state index contributed by atoms with van der Waals surface area (Å²) < 4.78 is 25.0. The highest BCUT2D eigenvalue weighted by Gasteiger charge is 2.28. The van der Waals surface area contributed by atoms with Crippen molar-refractivity contribution in [1.29, 1.82) is 0 Å². The molecular weight excluding hydrogens is 323 g/mol. The van der Waals surface area contributed by atoms with Crippen LogP contribution >= 0.6 is 0 Å². The highest BCUT2D eigenvalue weighted by atomic mass is 19.1. The second kappa shape index (κ2) is 7.96. The van der Waals surface area contributed by atoms with Crippen LogP contribution in [-0.4, -0.2) is 41.1 Å². The van der Waals surface area contributed by atoms with Crippen LogP contribution < -0.4 is 9.47 Å². The van der Waals surface area contributed by atoms with Crippen LogP contribution in [0.25, 0.3) is 0 Å². The van der Waals surface area contributed by atoms with Crippen LogP contribution in [-0.2, 0) is 4.79 Å². The minimum absolute atomic E-state index is 0.0619. The van der Waals surface area contributed by atoms with Crippen molar-refractivity contribution < 1.29 is 18.7 Å². The summed E-state index contributed by atoms with van der Waals surface area (Å²) in [5.74, 6) is 0.411. The number of aromatic nitrogens is 1. The monoisotopic (exact) mass is 344 g/mol. The first-order chi connectivity index (χ1) is 12.1. The van der Waals surface area contributed by atoms with E-state index in [1.807, 2.05) is 0 Å². The van der Waals surface area contributed by atoms with Gasteiger partial charge in [-0.2, -0.15) is 0 Å². The summed E-state index contributed by atoms with van der Waals surface area (Å²) in [7, 11) is 0. The van der Waals surface area contributed by atoms with E-state index in [0.717, 1.165) is 0 Å². The number of carbonyl (C=O) groups is 1. The molecule has 0 N–H and O–H groups in total. The highest BCUT2D eigenvalue weighted by molar-refractivity contribution is 5.81. The van der Waals surface area contributed by atoms with Crippen LogP contribution in [0.3, 0.4) is 0 Å². The molecule has 1 aliphatic rings. The Bertz CT molecular complexity index is 703. The average molecular weight is 344 g/mol. The first-order valence-electron chi connectivity index (χ1n) is 8.40. The molecule has 1 saturated heterocycles. The summed E-state index contributed by atoms with van der Waals surface area (Å²) in [5, 5.41) is 0.